The summed E-state index contributed by atoms with van der Waals surface area (Å²) in [6.45, 7) is 0.461. The van der Waals surface area contributed by atoms with Gasteiger partial charge < -0.3 is 15.7 Å². The highest BCUT2D eigenvalue weighted by atomic mass is 19.1. The van der Waals surface area contributed by atoms with Crippen molar-refractivity contribution in [1.82, 2.24) is 0 Å². The number of hydrogen-bond acceptors (Lipinski definition) is 3. The van der Waals surface area contributed by atoms with Crippen molar-refractivity contribution in [2.45, 2.75) is 19.4 Å². The van der Waals surface area contributed by atoms with Crippen molar-refractivity contribution in [3.8, 4) is 5.75 Å². The lowest BCUT2D eigenvalue weighted by atomic mass is 10.0. The van der Waals surface area contributed by atoms with Crippen LogP contribution in [0.5, 0.6) is 5.75 Å². The minimum Gasteiger partial charge on any atom is -0.505 e. The number of amides is 1. The van der Waals surface area contributed by atoms with E-state index in [9.17, 15) is 9.18 Å². The van der Waals surface area contributed by atoms with E-state index < -0.39 is 5.82 Å². The van der Waals surface area contributed by atoms with Gasteiger partial charge in [-0.3, -0.25) is 4.79 Å². The number of nitrogens with one attached hydrogen (secondary N) is 2. The van der Waals surface area contributed by atoms with Crippen LogP contribution in [0.25, 0.3) is 0 Å². The fraction of sp³-hybridized carbons (Fsp3) is 0.188. The van der Waals surface area contributed by atoms with Crippen molar-refractivity contribution in [2.75, 3.05) is 10.6 Å². The van der Waals surface area contributed by atoms with E-state index in [0.717, 1.165) is 28.9 Å². The number of halogens is 1. The van der Waals surface area contributed by atoms with Gasteiger partial charge in [0.15, 0.2) is 11.6 Å². The normalized spacial score (nSPS) is 13.5. The molecule has 3 N–H and O–H groups in total. The smallest absolute Gasteiger partial charge is 0.224 e. The van der Waals surface area contributed by atoms with Crippen molar-refractivity contribution >= 4 is 17.3 Å². The molecule has 0 saturated heterocycles. The van der Waals surface area contributed by atoms with Gasteiger partial charge in [-0.15, -0.1) is 0 Å². The molecule has 0 saturated carbocycles. The molecule has 0 aromatic heterocycles. The molecule has 1 aliphatic rings. The Hall–Kier alpha value is -2.56. The second-order valence-corrected chi connectivity index (χ2v) is 5.06. The van der Waals surface area contributed by atoms with Crippen LogP contribution in [-0.4, -0.2) is 11.0 Å². The summed E-state index contributed by atoms with van der Waals surface area (Å²) >= 11 is 0. The van der Waals surface area contributed by atoms with Crippen LogP contribution in [0, 0.1) is 5.82 Å². The molecule has 0 aliphatic carbocycles. The van der Waals surface area contributed by atoms with Gasteiger partial charge in [-0.1, -0.05) is 6.07 Å². The van der Waals surface area contributed by atoms with Crippen LogP contribution < -0.4 is 10.6 Å². The first-order valence-electron chi connectivity index (χ1n) is 6.76. The molecule has 1 heterocycles. The van der Waals surface area contributed by atoms with E-state index in [2.05, 4.69) is 10.6 Å². The Labute approximate surface area is 121 Å². The number of carbonyl (C=O) groups excluding carboxylic acids is 1. The SMILES string of the molecule is O=C1CCc2cc(NCc3ccc(O)c(F)c3)ccc2N1. The molecule has 2 aromatic rings. The first kappa shape index (κ1) is 13.4. The van der Waals surface area contributed by atoms with E-state index in [4.69, 9.17) is 5.11 Å². The summed E-state index contributed by atoms with van der Waals surface area (Å²) < 4.78 is 13.2. The summed E-state index contributed by atoms with van der Waals surface area (Å²) in [5.74, 6) is -0.923. The summed E-state index contributed by atoms with van der Waals surface area (Å²) in [6.07, 6.45) is 1.23. The topological polar surface area (TPSA) is 61.4 Å². The maximum absolute atomic E-state index is 13.2. The molecule has 3 rings (SSSR count). The average Bonchev–Trinajstić information content (AvgIpc) is 2.48. The van der Waals surface area contributed by atoms with Crippen LogP contribution in [0.3, 0.4) is 0 Å². The number of fused-ring (bicyclic) bond motifs is 1. The first-order chi connectivity index (χ1) is 10.1. The zero-order valence-electron chi connectivity index (χ0n) is 11.3. The maximum atomic E-state index is 13.2. The molecule has 4 nitrogen and oxygen atoms in total. The number of carbonyl (C=O) groups is 1. The molecule has 0 fully saturated rings. The van der Waals surface area contributed by atoms with Crippen molar-refractivity contribution in [2.24, 2.45) is 0 Å². The molecule has 2 aromatic carbocycles. The van der Waals surface area contributed by atoms with Crippen LogP contribution in [0.1, 0.15) is 17.5 Å². The van der Waals surface area contributed by atoms with Gasteiger partial charge in [0, 0.05) is 24.3 Å². The zero-order valence-corrected chi connectivity index (χ0v) is 11.3. The van der Waals surface area contributed by atoms with Gasteiger partial charge in [0.05, 0.1) is 0 Å². The second-order valence-electron chi connectivity index (χ2n) is 5.06. The minimum absolute atomic E-state index is 0.0442. The number of rotatable bonds is 3. The van der Waals surface area contributed by atoms with Crippen LogP contribution >= 0.6 is 0 Å². The highest BCUT2D eigenvalue weighted by Gasteiger charge is 2.14. The number of hydrogen-bond donors (Lipinski definition) is 3. The van der Waals surface area contributed by atoms with Crippen molar-refractivity contribution in [3.05, 3.63) is 53.3 Å². The standard InChI is InChI=1S/C16H15FN2O2/c17-13-7-10(1-5-15(13)20)9-18-12-3-4-14-11(8-12)2-6-16(21)19-14/h1,3-5,7-8,18,20H,2,6,9H2,(H,19,21). The summed E-state index contributed by atoms with van der Waals surface area (Å²) in [4.78, 5) is 11.3. The molecule has 108 valence electrons. The van der Waals surface area contributed by atoms with E-state index in [1.54, 1.807) is 6.07 Å². The third kappa shape index (κ3) is 2.97. The van der Waals surface area contributed by atoms with Crippen LogP contribution in [0.4, 0.5) is 15.8 Å². The van der Waals surface area contributed by atoms with Gasteiger partial charge in [0.2, 0.25) is 5.91 Å². The van der Waals surface area contributed by atoms with E-state index in [0.29, 0.717) is 13.0 Å². The maximum Gasteiger partial charge on any atom is 0.224 e. The summed E-state index contributed by atoms with van der Waals surface area (Å²) in [7, 11) is 0. The number of aromatic hydroxyl groups is 1. The molecule has 21 heavy (non-hydrogen) atoms. The third-order valence-corrected chi connectivity index (χ3v) is 3.51. The Kier molecular flexibility index (Phi) is 3.48. The molecule has 0 atom stereocenters. The Morgan fingerprint density at radius 3 is 2.86 bits per heavy atom. The lowest BCUT2D eigenvalue weighted by Gasteiger charge is -2.18. The summed E-state index contributed by atoms with van der Waals surface area (Å²) in [5.41, 5.74) is 3.61. The molecule has 0 radical (unpaired) electrons. The molecular weight excluding hydrogens is 271 g/mol. The number of phenolic OH excluding ortho intramolecular Hbond substituents is 1. The quantitative estimate of drug-likeness (QED) is 0.812. The number of benzene rings is 2. The van der Waals surface area contributed by atoms with Crippen LogP contribution in [0.2, 0.25) is 0 Å². The Morgan fingerprint density at radius 1 is 1.19 bits per heavy atom. The van der Waals surface area contributed by atoms with Gasteiger partial charge in [-0.2, -0.15) is 0 Å². The van der Waals surface area contributed by atoms with Gasteiger partial charge in [0.25, 0.3) is 0 Å². The van der Waals surface area contributed by atoms with Gasteiger partial charge in [-0.25, -0.2) is 4.39 Å². The lowest BCUT2D eigenvalue weighted by molar-refractivity contribution is -0.116. The van der Waals surface area contributed by atoms with Crippen LogP contribution in [-0.2, 0) is 17.8 Å². The van der Waals surface area contributed by atoms with Crippen molar-refractivity contribution < 1.29 is 14.3 Å². The second kappa shape index (κ2) is 5.44. The summed E-state index contributed by atoms with van der Waals surface area (Å²) in [5, 5.41) is 15.2. The fourth-order valence-electron chi connectivity index (χ4n) is 2.36. The van der Waals surface area contributed by atoms with E-state index in [-0.39, 0.29) is 11.7 Å². The molecule has 5 heteroatoms. The first-order valence-corrected chi connectivity index (χ1v) is 6.76. The Morgan fingerprint density at radius 2 is 2.05 bits per heavy atom. The number of anilines is 2. The number of aryl methyl sites for hydroxylation is 1. The molecule has 0 bridgehead atoms. The van der Waals surface area contributed by atoms with Gasteiger partial charge in [-0.05, 0) is 47.9 Å². The molecule has 1 aliphatic heterocycles. The van der Waals surface area contributed by atoms with E-state index >= 15 is 0 Å². The highest BCUT2D eigenvalue weighted by Crippen LogP contribution is 2.26. The van der Waals surface area contributed by atoms with E-state index in [1.165, 1.54) is 12.1 Å². The minimum atomic E-state index is -0.623. The fourth-order valence-corrected chi connectivity index (χ4v) is 2.36. The van der Waals surface area contributed by atoms with E-state index in [1.807, 2.05) is 18.2 Å². The largest absolute Gasteiger partial charge is 0.505 e. The average molecular weight is 286 g/mol. The predicted molar refractivity (Wildman–Crippen MR) is 78.8 cm³/mol. The third-order valence-electron chi connectivity index (χ3n) is 3.51. The molecule has 1 amide bonds. The predicted octanol–water partition coefficient (Wildman–Crippen LogP) is 3.03. The highest BCUT2D eigenvalue weighted by molar-refractivity contribution is 5.94. The Bertz CT molecular complexity index is 701. The van der Waals surface area contributed by atoms with Crippen molar-refractivity contribution in [1.29, 1.82) is 0 Å². The van der Waals surface area contributed by atoms with Crippen LogP contribution in [0.15, 0.2) is 36.4 Å². The zero-order chi connectivity index (χ0) is 14.8. The molecule has 0 spiro atoms. The van der Waals surface area contributed by atoms with Gasteiger partial charge in [0.1, 0.15) is 0 Å². The number of phenols is 1. The van der Waals surface area contributed by atoms with Gasteiger partial charge >= 0.3 is 0 Å². The van der Waals surface area contributed by atoms with Crippen molar-refractivity contribution in [3.63, 3.8) is 0 Å². The monoisotopic (exact) mass is 286 g/mol. The molecule has 0 unspecified atom stereocenters. The molecular formula is C16H15FN2O2. The summed E-state index contributed by atoms with van der Waals surface area (Å²) in [6, 6.07) is 10.1. The lowest BCUT2D eigenvalue weighted by Crippen LogP contribution is -2.18. The Balaban J connectivity index is 1.71.